The van der Waals surface area contributed by atoms with Crippen molar-refractivity contribution >= 4 is 27.5 Å². The number of aromatic nitrogens is 2. The van der Waals surface area contributed by atoms with E-state index < -0.39 is 5.82 Å². The monoisotopic (exact) mass is 288 g/mol. The van der Waals surface area contributed by atoms with Crippen molar-refractivity contribution in [3.63, 3.8) is 0 Å². The molecule has 0 spiro atoms. The third-order valence-electron chi connectivity index (χ3n) is 1.97. The second-order valence-corrected chi connectivity index (χ2v) is 3.97. The van der Waals surface area contributed by atoms with Crippen LogP contribution in [0.3, 0.4) is 0 Å². The maximum Gasteiger partial charge on any atom is 0.141 e. The molecule has 5 heteroatoms. The van der Waals surface area contributed by atoms with Gasteiger partial charge in [-0.05, 0) is 18.2 Å². The zero-order valence-electron chi connectivity index (χ0n) is 7.62. The van der Waals surface area contributed by atoms with Crippen LogP contribution in [-0.2, 0) is 5.33 Å². The Hall–Kier alpha value is -0.870. The fourth-order valence-corrected chi connectivity index (χ4v) is 1.68. The van der Waals surface area contributed by atoms with E-state index in [0.717, 1.165) is 11.4 Å². The summed E-state index contributed by atoms with van der Waals surface area (Å²) in [6.45, 7) is 0. The van der Waals surface area contributed by atoms with Crippen LogP contribution < -0.4 is 0 Å². The highest BCUT2D eigenvalue weighted by atomic mass is 79.9. The Balaban J connectivity index is 2.40. The lowest BCUT2D eigenvalue weighted by Crippen LogP contribution is -1.90. The highest BCUT2D eigenvalue weighted by Crippen LogP contribution is 2.19. The van der Waals surface area contributed by atoms with Crippen molar-refractivity contribution in [2.24, 2.45) is 0 Å². The molecule has 0 saturated carbocycles. The number of rotatable bonds is 2. The molecule has 1 heterocycles. The molecule has 0 unspecified atom stereocenters. The summed E-state index contributed by atoms with van der Waals surface area (Å²) in [7, 11) is 0. The molecule has 1 aromatic heterocycles. The van der Waals surface area contributed by atoms with Gasteiger partial charge in [0.15, 0.2) is 0 Å². The summed E-state index contributed by atoms with van der Waals surface area (Å²) in [5.41, 5.74) is 1.71. The molecule has 15 heavy (non-hydrogen) atoms. The van der Waals surface area contributed by atoms with Crippen LogP contribution in [0.15, 0.2) is 30.7 Å². The Bertz CT molecular complexity index is 484. The zero-order chi connectivity index (χ0) is 10.8. The maximum atomic E-state index is 12.9. The quantitative estimate of drug-likeness (QED) is 0.773. The molecule has 78 valence electrons. The van der Waals surface area contributed by atoms with Gasteiger partial charge in [0.25, 0.3) is 0 Å². The first-order chi connectivity index (χ1) is 7.20. The number of imidazole rings is 1. The lowest BCUT2D eigenvalue weighted by Gasteiger charge is -2.02. The van der Waals surface area contributed by atoms with Gasteiger partial charge in [0.05, 0.1) is 17.0 Å². The van der Waals surface area contributed by atoms with E-state index in [9.17, 15) is 4.39 Å². The first-order valence-electron chi connectivity index (χ1n) is 4.25. The summed E-state index contributed by atoms with van der Waals surface area (Å²) < 4.78 is 14.7. The van der Waals surface area contributed by atoms with Crippen LogP contribution in [0.5, 0.6) is 0 Å². The summed E-state index contributed by atoms with van der Waals surface area (Å²) in [4.78, 5) is 4.14. The topological polar surface area (TPSA) is 17.8 Å². The van der Waals surface area contributed by atoms with Gasteiger partial charge in [0.2, 0.25) is 0 Å². The number of benzene rings is 1. The standard InChI is InChI=1S/C10H7BrClFN2/c11-4-7-5-15(6-14-7)8-1-2-10(13)9(12)3-8/h1-3,5-6H,4H2. The Morgan fingerprint density at radius 2 is 2.27 bits per heavy atom. The summed E-state index contributed by atoms with van der Waals surface area (Å²) in [6, 6.07) is 4.56. The number of hydrogen-bond donors (Lipinski definition) is 0. The van der Waals surface area contributed by atoms with Gasteiger partial charge in [-0.1, -0.05) is 27.5 Å². The van der Waals surface area contributed by atoms with Gasteiger partial charge in [0, 0.05) is 17.2 Å². The van der Waals surface area contributed by atoms with Crippen molar-refractivity contribution < 1.29 is 4.39 Å². The number of halogens is 3. The van der Waals surface area contributed by atoms with Crippen LogP contribution in [0.2, 0.25) is 5.02 Å². The molecular formula is C10H7BrClFN2. The van der Waals surface area contributed by atoms with Gasteiger partial charge in [-0.3, -0.25) is 0 Å². The highest BCUT2D eigenvalue weighted by molar-refractivity contribution is 9.08. The molecule has 0 N–H and O–H groups in total. The average Bonchev–Trinajstić information content (AvgIpc) is 2.70. The molecule has 0 aliphatic heterocycles. The van der Waals surface area contributed by atoms with E-state index in [1.807, 2.05) is 6.20 Å². The molecule has 0 atom stereocenters. The summed E-state index contributed by atoms with van der Waals surface area (Å²) in [5, 5.41) is 0.802. The molecule has 0 fully saturated rings. The van der Waals surface area contributed by atoms with Crippen LogP contribution in [0.25, 0.3) is 5.69 Å². The van der Waals surface area contributed by atoms with Gasteiger partial charge in [-0.15, -0.1) is 0 Å². The van der Waals surface area contributed by atoms with E-state index >= 15 is 0 Å². The minimum atomic E-state index is -0.416. The number of alkyl halides is 1. The van der Waals surface area contributed by atoms with Gasteiger partial charge in [-0.2, -0.15) is 0 Å². The molecule has 2 rings (SSSR count). The fourth-order valence-electron chi connectivity index (χ4n) is 1.22. The van der Waals surface area contributed by atoms with Crippen LogP contribution >= 0.6 is 27.5 Å². The molecule has 2 aromatic rings. The predicted molar refractivity (Wildman–Crippen MR) is 61.2 cm³/mol. The largest absolute Gasteiger partial charge is 0.306 e. The van der Waals surface area contributed by atoms with E-state index in [1.165, 1.54) is 6.07 Å². The third-order valence-corrected chi connectivity index (χ3v) is 2.84. The Morgan fingerprint density at radius 1 is 1.47 bits per heavy atom. The molecule has 0 saturated heterocycles. The van der Waals surface area contributed by atoms with E-state index in [2.05, 4.69) is 20.9 Å². The lowest BCUT2D eigenvalue weighted by molar-refractivity contribution is 0.628. The molecule has 0 amide bonds. The fraction of sp³-hybridized carbons (Fsp3) is 0.100. The number of hydrogen-bond acceptors (Lipinski definition) is 1. The van der Waals surface area contributed by atoms with Crippen LogP contribution in [0, 0.1) is 5.82 Å². The smallest absolute Gasteiger partial charge is 0.141 e. The zero-order valence-corrected chi connectivity index (χ0v) is 9.96. The SMILES string of the molecule is Fc1ccc(-n2cnc(CBr)c2)cc1Cl. The van der Waals surface area contributed by atoms with Gasteiger partial charge >= 0.3 is 0 Å². The molecule has 1 aromatic carbocycles. The van der Waals surface area contributed by atoms with Crippen molar-refractivity contribution in [3.05, 3.63) is 47.3 Å². The van der Waals surface area contributed by atoms with Crippen LogP contribution in [0.4, 0.5) is 4.39 Å². The van der Waals surface area contributed by atoms with E-state index in [1.54, 1.807) is 23.0 Å². The molecular weight excluding hydrogens is 282 g/mol. The van der Waals surface area contributed by atoms with Gasteiger partial charge in [0.1, 0.15) is 5.82 Å². The first kappa shape index (κ1) is 10.6. The second-order valence-electron chi connectivity index (χ2n) is 3.00. The molecule has 2 nitrogen and oxygen atoms in total. The minimum absolute atomic E-state index is 0.113. The average molecular weight is 290 g/mol. The predicted octanol–water partition coefficient (Wildman–Crippen LogP) is 3.56. The third kappa shape index (κ3) is 2.21. The Morgan fingerprint density at radius 3 is 2.87 bits per heavy atom. The Labute approximate surface area is 99.8 Å². The van der Waals surface area contributed by atoms with Crippen LogP contribution in [-0.4, -0.2) is 9.55 Å². The minimum Gasteiger partial charge on any atom is -0.306 e. The van der Waals surface area contributed by atoms with E-state index in [-0.39, 0.29) is 5.02 Å². The summed E-state index contributed by atoms with van der Waals surface area (Å²) in [6.07, 6.45) is 3.53. The number of nitrogens with zero attached hydrogens (tertiary/aromatic N) is 2. The summed E-state index contributed by atoms with van der Waals surface area (Å²) in [5.74, 6) is -0.416. The Kier molecular flexibility index (Phi) is 3.07. The van der Waals surface area contributed by atoms with E-state index in [0.29, 0.717) is 5.33 Å². The summed E-state index contributed by atoms with van der Waals surface area (Å²) >= 11 is 8.99. The highest BCUT2D eigenvalue weighted by Gasteiger charge is 2.03. The van der Waals surface area contributed by atoms with Crippen molar-refractivity contribution in [1.82, 2.24) is 9.55 Å². The second kappa shape index (κ2) is 4.33. The molecule has 0 aliphatic rings. The normalized spacial score (nSPS) is 10.6. The first-order valence-corrected chi connectivity index (χ1v) is 5.75. The van der Waals surface area contributed by atoms with E-state index in [4.69, 9.17) is 11.6 Å². The van der Waals surface area contributed by atoms with Crippen molar-refractivity contribution in [2.45, 2.75) is 5.33 Å². The molecule has 0 radical (unpaired) electrons. The molecule has 0 aliphatic carbocycles. The van der Waals surface area contributed by atoms with Crippen LogP contribution in [0.1, 0.15) is 5.69 Å². The van der Waals surface area contributed by atoms with Crippen molar-refractivity contribution in [2.75, 3.05) is 0 Å². The van der Waals surface area contributed by atoms with Gasteiger partial charge in [-0.25, -0.2) is 9.37 Å². The maximum absolute atomic E-state index is 12.9. The molecule has 0 bridgehead atoms. The van der Waals surface area contributed by atoms with Crippen molar-refractivity contribution in [1.29, 1.82) is 0 Å². The lowest BCUT2D eigenvalue weighted by atomic mass is 10.3. The van der Waals surface area contributed by atoms with Crippen molar-refractivity contribution in [3.8, 4) is 5.69 Å². The van der Waals surface area contributed by atoms with Gasteiger partial charge < -0.3 is 4.57 Å².